The van der Waals surface area contributed by atoms with Gasteiger partial charge in [0.2, 0.25) is 5.91 Å². The molecule has 1 aromatic heterocycles. The summed E-state index contributed by atoms with van der Waals surface area (Å²) >= 11 is 1.08. The highest BCUT2D eigenvalue weighted by atomic mass is 32.2. The zero-order valence-electron chi connectivity index (χ0n) is 10.2. The number of carboxylic acid groups (broad SMARTS) is 1. The lowest BCUT2D eigenvalue weighted by Crippen LogP contribution is -2.26. The lowest BCUT2D eigenvalue weighted by molar-refractivity contribution is -0.133. The van der Waals surface area contributed by atoms with E-state index in [1.54, 1.807) is 6.20 Å². The van der Waals surface area contributed by atoms with E-state index in [-0.39, 0.29) is 17.4 Å². The van der Waals surface area contributed by atoms with E-state index in [0.717, 1.165) is 29.4 Å². The minimum absolute atomic E-state index is 0.0583. The second-order valence-electron chi connectivity index (χ2n) is 3.63. The summed E-state index contributed by atoms with van der Waals surface area (Å²) in [5.74, 6) is -0.989. The molecule has 98 valence electrons. The van der Waals surface area contributed by atoms with Crippen LogP contribution in [0, 0.1) is 0 Å². The molecule has 0 saturated heterocycles. The summed E-state index contributed by atoms with van der Waals surface area (Å²) in [7, 11) is 0. The van der Waals surface area contributed by atoms with Gasteiger partial charge in [-0.1, -0.05) is 13.0 Å². The summed E-state index contributed by atoms with van der Waals surface area (Å²) in [5.41, 5.74) is 1.97. The molecule has 1 rings (SSSR count). The van der Waals surface area contributed by atoms with Crippen molar-refractivity contribution in [3.8, 4) is 0 Å². The fourth-order valence-corrected chi connectivity index (χ4v) is 1.98. The van der Waals surface area contributed by atoms with E-state index in [1.807, 2.05) is 19.1 Å². The molecule has 0 aliphatic heterocycles. The third-order valence-corrected chi connectivity index (χ3v) is 3.19. The Morgan fingerprint density at radius 1 is 1.44 bits per heavy atom. The largest absolute Gasteiger partial charge is 0.481 e. The zero-order chi connectivity index (χ0) is 13.4. The van der Waals surface area contributed by atoms with Gasteiger partial charge in [-0.3, -0.25) is 14.6 Å². The molecule has 0 atom stereocenters. The molecule has 0 unspecified atom stereocenters. The molecule has 0 aliphatic carbocycles. The van der Waals surface area contributed by atoms with Crippen LogP contribution < -0.4 is 5.32 Å². The summed E-state index contributed by atoms with van der Waals surface area (Å²) in [6.07, 6.45) is 2.56. The number of thioether (sulfide) groups is 1. The fourth-order valence-electron chi connectivity index (χ4n) is 1.42. The molecule has 1 amide bonds. The van der Waals surface area contributed by atoms with Crippen LogP contribution in [0.2, 0.25) is 0 Å². The quantitative estimate of drug-likeness (QED) is 0.773. The number of carbonyl (C=O) groups is 2. The summed E-state index contributed by atoms with van der Waals surface area (Å²) in [5, 5.41) is 11.2. The Morgan fingerprint density at radius 3 is 2.89 bits per heavy atom. The van der Waals surface area contributed by atoms with Crippen LogP contribution in [0.15, 0.2) is 18.3 Å². The Bertz CT molecular complexity index is 424. The number of aromatic nitrogens is 1. The van der Waals surface area contributed by atoms with Crippen molar-refractivity contribution in [3.63, 3.8) is 0 Å². The number of pyridine rings is 1. The van der Waals surface area contributed by atoms with Crippen molar-refractivity contribution in [1.29, 1.82) is 0 Å². The van der Waals surface area contributed by atoms with Crippen LogP contribution in [0.1, 0.15) is 18.2 Å². The minimum atomic E-state index is -0.911. The van der Waals surface area contributed by atoms with E-state index in [2.05, 4.69) is 10.3 Å². The first kappa shape index (κ1) is 14.5. The predicted octanol–water partition coefficient (Wildman–Crippen LogP) is 1.08. The van der Waals surface area contributed by atoms with Crippen molar-refractivity contribution in [3.05, 3.63) is 29.6 Å². The number of carboxylic acids is 1. The van der Waals surface area contributed by atoms with Gasteiger partial charge in [-0.15, -0.1) is 11.8 Å². The normalized spacial score (nSPS) is 10.1. The molecule has 0 fully saturated rings. The maximum atomic E-state index is 11.4. The molecule has 0 aromatic carbocycles. The molecule has 1 aromatic rings. The number of amides is 1. The number of nitrogens with zero attached hydrogens (tertiary/aromatic N) is 1. The Morgan fingerprint density at radius 2 is 2.22 bits per heavy atom. The van der Waals surface area contributed by atoms with E-state index < -0.39 is 5.97 Å². The Labute approximate surface area is 110 Å². The molecule has 0 radical (unpaired) electrons. The van der Waals surface area contributed by atoms with Crippen LogP contribution in [-0.4, -0.2) is 33.5 Å². The number of aryl methyl sites for hydroxylation is 1. The van der Waals surface area contributed by atoms with Gasteiger partial charge in [0.1, 0.15) is 0 Å². The third-order valence-electron chi connectivity index (χ3n) is 2.28. The van der Waals surface area contributed by atoms with Gasteiger partial charge in [0.15, 0.2) is 0 Å². The van der Waals surface area contributed by atoms with Crippen LogP contribution in [0.5, 0.6) is 0 Å². The maximum absolute atomic E-state index is 11.4. The minimum Gasteiger partial charge on any atom is -0.481 e. The van der Waals surface area contributed by atoms with Crippen molar-refractivity contribution in [2.75, 3.05) is 11.5 Å². The van der Waals surface area contributed by atoms with E-state index >= 15 is 0 Å². The van der Waals surface area contributed by atoms with Crippen molar-refractivity contribution >= 4 is 23.6 Å². The van der Waals surface area contributed by atoms with Crippen molar-refractivity contribution in [2.24, 2.45) is 0 Å². The average molecular weight is 268 g/mol. The average Bonchev–Trinajstić information content (AvgIpc) is 2.36. The smallest absolute Gasteiger partial charge is 0.313 e. The number of hydrogen-bond acceptors (Lipinski definition) is 4. The fraction of sp³-hybridized carbons (Fsp3) is 0.417. The van der Waals surface area contributed by atoms with Gasteiger partial charge in [-0.05, 0) is 18.1 Å². The van der Waals surface area contributed by atoms with Gasteiger partial charge >= 0.3 is 5.97 Å². The van der Waals surface area contributed by atoms with Gasteiger partial charge in [0, 0.05) is 6.20 Å². The second-order valence-corrected chi connectivity index (χ2v) is 4.61. The highest BCUT2D eigenvalue weighted by Gasteiger charge is 2.06. The van der Waals surface area contributed by atoms with Crippen LogP contribution >= 0.6 is 11.8 Å². The highest BCUT2D eigenvalue weighted by molar-refractivity contribution is 8.00. The molecule has 0 spiro atoms. The SMILES string of the molecule is CCc1cccnc1CNC(=O)CSCC(=O)O. The molecular formula is C12H16N2O3S. The maximum Gasteiger partial charge on any atom is 0.313 e. The molecule has 6 heteroatoms. The van der Waals surface area contributed by atoms with Gasteiger partial charge < -0.3 is 10.4 Å². The number of nitrogens with one attached hydrogen (secondary N) is 1. The first-order valence-corrected chi connectivity index (χ1v) is 6.78. The molecule has 0 saturated carbocycles. The predicted molar refractivity (Wildman–Crippen MR) is 70.4 cm³/mol. The van der Waals surface area contributed by atoms with E-state index in [4.69, 9.17) is 5.11 Å². The Kier molecular flexibility index (Phi) is 6.21. The van der Waals surface area contributed by atoms with Gasteiger partial charge in [0.25, 0.3) is 0 Å². The second kappa shape index (κ2) is 7.71. The third kappa shape index (κ3) is 5.18. The summed E-state index contributed by atoms with van der Waals surface area (Å²) in [6.45, 7) is 2.42. The lowest BCUT2D eigenvalue weighted by atomic mass is 10.1. The molecule has 5 nitrogen and oxygen atoms in total. The molecule has 0 aliphatic rings. The Hall–Kier alpha value is -1.56. The first-order chi connectivity index (χ1) is 8.63. The van der Waals surface area contributed by atoms with Crippen molar-refractivity contribution < 1.29 is 14.7 Å². The molecule has 1 heterocycles. The van der Waals surface area contributed by atoms with Gasteiger partial charge in [-0.25, -0.2) is 0 Å². The highest BCUT2D eigenvalue weighted by Crippen LogP contribution is 2.06. The van der Waals surface area contributed by atoms with Crippen LogP contribution in [-0.2, 0) is 22.6 Å². The summed E-state index contributed by atoms with van der Waals surface area (Å²) in [4.78, 5) is 25.9. The number of aliphatic carboxylic acids is 1. The number of rotatable bonds is 7. The topological polar surface area (TPSA) is 79.3 Å². The number of hydrogen-bond donors (Lipinski definition) is 2. The molecule has 2 N–H and O–H groups in total. The zero-order valence-corrected chi connectivity index (χ0v) is 11.0. The summed E-state index contributed by atoms with van der Waals surface area (Å²) in [6, 6.07) is 3.85. The van der Waals surface area contributed by atoms with Crippen LogP contribution in [0.4, 0.5) is 0 Å². The van der Waals surface area contributed by atoms with E-state index in [0.29, 0.717) is 6.54 Å². The van der Waals surface area contributed by atoms with Crippen molar-refractivity contribution in [1.82, 2.24) is 10.3 Å². The molecule has 18 heavy (non-hydrogen) atoms. The molecule has 0 bridgehead atoms. The lowest BCUT2D eigenvalue weighted by Gasteiger charge is -2.07. The summed E-state index contributed by atoms with van der Waals surface area (Å²) < 4.78 is 0. The number of carbonyl (C=O) groups excluding carboxylic acids is 1. The molecular weight excluding hydrogens is 252 g/mol. The van der Waals surface area contributed by atoms with Crippen LogP contribution in [0.25, 0.3) is 0 Å². The Balaban J connectivity index is 2.35. The van der Waals surface area contributed by atoms with Crippen LogP contribution in [0.3, 0.4) is 0 Å². The van der Waals surface area contributed by atoms with Crippen molar-refractivity contribution in [2.45, 2.75) is 19.9 Å². The monoisotopic (exact) mass is 268 g/mol. The van der Waals surface area contributed by atoms with E-state index in [1.165, 1.54) is 0 Å². The van der Waals surface area contributed by atoms with Gasteiger partial charge in [-0.2, -0.15) is 0 Å². The van der Waals surface area contributed by atoms with E-state index in [9.17, 15) is 9.59 Å². The standard InChI is InChI=1S/C12H16N2O3S/c1-2-9-4-3-5-13-10(9)6-14-11(15)7-18-8-12(16)17/h3-5H,2,6-8H2,1H3,(H,14,15)(H,16,17). The van der Waals surface area contributed by atoms with Gasteiger partial charge in [0.05, 0.1) is 23.7 Å². The first-order valence-electron chi connectivity index (χ1n) is 5.62.